The molecule has 0 amide bonds. The highest BCUT2D eigenvalue weighted by Gasteiger charge is 2.09. The van der Waals surface area contributed by atoms with Gasteiger partial charge in [0.15, 0.2) is 5.96 Å². The van der Waals surface area contributed by atoms with Gasteiger partial charge in [-0.25, -0.2) is 9.38 Å². The Morgan fingerprint density at radius 1 is 1.07 bits per heavy atom. The Hall–Kier alpha value is -2.92. The minimum Gasteiger partial charge on any atom is -0.392 e. The molecule has 4 nitrogen and oxygen atoms in total. The molecule has 5 heteroatoms. The summed E-state index contributed by atoms with van der Waals surface area (Å²) in [5.74, 6) is 0.295. The zero-order chi connectivity index (χ0) is 19.9. The van der Waals surface area contributed by atoms with Crippen molar-refractivity contribution >= 4 is 16.7 Å². The second-order valence-corrected chi connectivity index (χ2v) is 6.75. The van der Waals surface area contributed by atoms with E-state index in [-0.39, 0.29) is 18.2 Å². The average Bonchev–Trinajstić information content (AvgIpc) is 2.72. The normalized spacial score (nSPS) is 12.8. The number of rotatable bonds is 6. The molecule has 3 N–H and O–H groups in total. The highest BCUT2D eigenvalue weighted by molar-refractivity contribution is 5.84. The van der Waals surface area contributed by atoms with Crippen LogP contribution in [-0.4, -0.2) is 17.6 Å². The highest BCUT2D eigenvalue weighted by Crippen LogP contribution is 2.20. The molecule has 3 rings (SSSR count). The lowest BCUT2D eigenvalue weighted by molar-refractivity contribution is 0.275. The van der Waals surface area contributed by atoms with Crippen molar-refractivity contribution in [3.05, 3.63) is 83.2 Å². The minimum atomic E-state index is -0.398. The smallest absolute Gasteiger partial charge is 0.192 e. The van der Waals surface area contributed by atoms with Crippen LogP contribution in [-0.2, 0) is 13.2 Å². The van der Waals surface area contributed by atoms with E-state index in [1.54, 1.807) is 12.1 Å². The molecular weight excluding hydrogens is 353 g/mol. The van der Waals surface area contributed by atoms with Crippen LogP contribution < -0.4 is 10.6 Å². The third-order valence-corrected chi connectivity index (χ3v) is 4.67. The van der Waals surface area contributed by atoms with Crippen LogP contribution in [0.5, 0.6) is 0 Å². The van der Waals surface area contributed by atoms with Gasteiger partial charge in [-0.2, -0.15) is 0 Å². The molecule has 0 saturated heterocycles. The number of halogens is 1. The number of aliphatic hydroxyl groups is 1. The number of hydrogen-bond donors (Lipinski definition) is 3. The quantitative estimate of drug-likeness (QED) is 0.442. The molecule has 3 aromatic rings. The van der Waals surface area contributed by atoms with Gasteiger partial charge in [0.05, 0.1) is 19.2 Å². The van der Waals surface area contributed by atoms with Gasteiger partial charge in [-0.3, -0.25) is 0 Å². The molecule has 0 radical (unpaired) electrons. The van der Waals surface area contributed by atoms with Crippen LogP contribution in [0.3, 0.4) is 0 Å². The van der Waals surface area contributed by atoms with Crippen LogP contribution in [0.2, 0.25) is 0 Å². The average molecular weight is 379 g/mol. The topological polar surface area (TPSA) is 56.7 Å². The Morgan fingerprint density at radius 3 is 2.61 bits per heavy atom. The molecule has 0 spiro atoms. The molecule has 1 atom stereocenters. The van der Waals surface area contributed by atoms with Gasteiger partial charge in [-0.05, 0) is 53.9 Å². The third-order valence-electron chi connectivity index (χ3n) is 4.67. The Kier molecular flexibility index (Phi) is 6.61. The predicted molar refractivity (Wildman–Crippen MR) is 113 cm³/mol. The van der Waals surface area contributed by atoms with Crippen molar-refractivity contribution in [3.63, 3.8) is 0 Å². The first-order valence-corrected chi connectivity index (χ1v) is 9.52. The zero-order valence-corrected chi connectivity index (χ0v) is 16.2. The van der Waals surface area contributed by atoms with Gasteiger partial charge < -0.3 is 15.7 Å². The lowest BCUT2D eigenvalue weighted by Crippen LogP contribution is -2.38. The van der Waals surface area contributed by atoms with Gasteiger partial charge >= 0.3 is 0 Å². The van der Waals surface area contributed by atoms with Gasteiger partial charge in [0.1, 0.15) is 5.82 Å². The van der Waals surface area contributed by atoms with E-state index in [4.69, 9.17) is 0 Å². The standard InChI is InChI=1S/C23H26FN3O/c1-3-25-23(26-14-17-8-11-22(24)21(12-17)15-28)27-16(2)19-10-9-18-6-4-5-7-20(18)13-19/h4-13,16,28H,3,14-15H2,1-2H3,(H2,25,26,27). The van der Waals surface area contributed by atoms with Gasteiger partial charge in [0.25, 0.3) is 0 Å². The Morgan fingerprint density at radius 2 is 1.86 bits per heavy atom. The molecule has 0 aliphatic heterocycles. The number of aliphatic imine (C=N–C) groups is 1. The molecule has 0 saturated carbocycles. The maximum Gasteiger partial charge on any atom is 0.192 e. The summed E-state index contributed by atoms with van der Waals surface area (Å²) in [6.45, 7) is 4.92. The van der Waals surface area contributed by atoms with Gasteiger partial charge in [-0.15, -0.1) is 0 Å². The lowest BCUT2D eigenvalue weighted by atomic mass is 10.0. The summed E-state index contributed by atoms with van der Waals surface area (Å²) in [5.41, 5.74) is 2.31. The second kappa shape index (κ2) is 9.33. The maximum absolute atomic E-state index is 13.5. The first-order chi connectivity index (χ1) is 13.6. The van der Waals surface area contributed by atoms with Crippen LogP contribution in [0, 0.1) is 5.82 Å². The second-order valence-electron chi connectivity index (χ2n) is 6.75. The highest BCUT2D eigenvalue weighted by atomic mass is 19.1. The first kappa shape index (κ1) is 19.8. The number of guanidine groups is 1. The van der Waals surface area contributed by atoms with Crippen molar-refractivity contribution in [2.75, 3.05) is 6.54 Å². The third kappa shape index (κ3) is 4.87. The van der Waals surface area contributed by atoms with Crippen molar-refractivity contribution in [1.29, 1.82) is 0 Å². The number of aliphatic hydroxyl groups excluding tert-OH is 1. The summed E-state index contributed by atoms with van der Waals surface area (Å²) in [4.78, 5) is 4.61. The van der Waals surface area contributed by atoms with Crippen LogP contribution in [0.15, 0.2) is 65.7 Å². The van der Waals surface area contributed by atoms with Crippen molar-refractivity contribution in [3.8, 4) is 0 Å². The number of hydrogen-bond acceptors (Lipinski definition) is 2. The molecule has 0 heterocycles. The molecule has 0 bridgehead atoms. The molecule has 0 aliphatic carbocycles. The van der Waals surface area contributed by atoms with E-state index in [2.05, 4.69) is 52.9 Å². The van der Waals surface area contributed by atoms with Crippen molar-refractivity contribution < 1.29 is 9.50 Å². The van der Waals surface area contributed by atoms with Gasteiger partial charge in [-0.1, -0.05) is 42.5 Å². The van der Waals surface area contributed by atoms with Crippen LogP contribution in [0.4, 0.5) is 4.39 Å². The van der Waals surface area contributed by atoms with E-state index in [9.17, 15) is 9.50 Å². The molecule has 0 fully saturated rings. The van der Waals surface area contributed by atoms with E-state index in [0.29, 0.717) is 12.5 Å². The van der Waals surface area contributed by atoms with E-state index < -0.39 is 5.82 Å². The molecular formula is C23H26FN3O. The van der Waals surface area contributed by atoms with E-state index >= 15 is 0 Å². The summed E-state index contributed by atoms with van der Waals surface area (Å²) in [7, 11) is 0. The SMILES string of the molecule is CCNC(=NCc1ccc(F)c(CO)c1)NC(C)c1ccc2ccccc2c1. The largest absolute Gasteiger partial charge is 0.392 e. The monoisotopic (exact) mass is 379 g/mol. The fourth-order valence-corrected chi connectivity index (χ4v) is 3.10. The number of fused-ring (bicyclic) bond motifs is 1. The zero-order valence-electron chi connectivity index (χ0n) is 16.2. The summed E-state index contributed by atoms with van der Waals surface area (Å²) in [6.07, 6.45) is 0. The molecule has 0 aliphatic rings. The fourth-order valence-electron chi connectivity index (χ4n) is 3.10. The van der Waals surface area contributed by atoms with Crippen LogP contribution in [0.25, 0.3) is 10.8 Å². The molecule has 146 valence electrons. The molecule has 3 aromatic carbocycles. The number of benzene rings is 3. The molecule has 1 unspecified atom stereocenters. The van der Waals surface area contributed by atoms with E-state index in [0.717, 1.165) is 12.1 Å². The Balaban J connectivity index is 1.74. The van der Waals surface area contributed by atoms with Crippen LogP contribution >= 0.6 is 0 Å². The Labute approximate surface area is 165 Å². The molecule has 0 aromatic heterocycles. The van der Waals surface area contributed by atoms with Crippen molar-refractivity contribution in [2.24, 2.45) is 4.99 Å². The fraction of sp³-hybridized carbons (Fsp3) is 0.261. The predicted octanol–water partition coefficient (Wildman–Crippen LogP) is 4.29. The maximum atomic E-state index is 13.5. The Bertz CT molecular complexity index is 971. The summed E-state index contributed by atoms with van der Waals surface area (Å²) in [5, 5.41) is 18.3. The van der Waals surface area contributed by atoms with E-state index in [1.165, 1.54) is 22.4 Å². The minimum absolute atomic E-state index is 0.0728. The van der Waals surface area contributed by atoms with Gasteiger partial charge in [0, 0.05) is 12.1 Å². The van der Waals surface area contributed by atoms with Crippen molar-refractivity contribution in [1.82, 2.24) is 10.6 Å². The number of nitrogens with zero attached hydrogens (tertiary/aromatic N) is 1. The summed E-state index contributed by atoms with van der Waals surface area (Å²) < 4.78 is 13.5. The molecule has 28 heavy (non-hydrogen) atoms. The first-order valence-electron chi connectivity index (χ1n) is 9.52. The van der Waals surface area contributed by atoms with Gasteiger partial charge in [0.2, 0.25) is 0 Å². The van der Waals surface area contributed by atoms with Crippen molar-refractivity contribution in [2.45, 2.75) is 33.0 Å². The number of nitrogens with one attached hydrogen (secondary N) is 2. The van der Waals surface area contributed by atoms with Crippen LogP contribution in [0.1, 0.15) is 36.6 Å². The summed E-state index contributed by atoms with van der Waals surface area (Å²) in [6, 6.07) is 19.5. The van der Waals surface area contributed by atoms with E-state index in [1.807, 2.05) is 19.1 Å². The summed E-state index contributed by atoms with van der Waals surface area (Å²) >= 11 is 0. The lowest BCUT2D eigenvalue weighted by Gasteiger charge is -2.19.